The molecule has 3 heterocycles. The number of carbonyl (C=O) groups is 2. The quantitative estimate of drug-likeness (QED) is 0.589. The third-order valence-electron chi connectivity index (χ3n) is 4.90. The summed E-state index contributed by atoms with van der Waals surface area (Å²) in [6, 6.07) is 4.01. The van der Waals surface area contributed by atoms with Crippen molar-refractivity contribution in [3.05, 3.63) is 34.2 Å². The first-order valence-electron chi connectivity index (χ1n) is 9.42. The number of likely N-dealkylation sites (N-methyl/N-ethyl adjacent to an activating group) is 1. The summed E-state index contributed by atoms with van der Waals surface area (Å²) in [6.07, 6.45) is 2.35. The van der Waals surface area contributed by atoms with E-state index in [0.29, 0.717) is 25.3 Å². The molecule has 1 saturated heterocycles. The summed E-state index contributed by atoms with van der Waals surface area (Å²) in [4.78, 5) is 30.0. The number of carbonyl (C=O) groups excluding carboxylic acids is 2. The van der Waals surface area contributed by atoms with E-state index in [2.05, 4.69) is 24.1 Å². The van der Waals surface area contributed by atoms with Gasteiger partial charge in [-0.15, -0.1) is 35.5 Å². The van der Waals surface area contributed by atoms with Gasteiger partial charge in [0.2, 0.25) is 5.91 Å². The predicted octanol–water partition coefficient (Wildman–Crippen LogP) is 2.35. The summed E-state index contributed by atoms with van der Waals surface area (Å²) < 4.78 is 5.47. The van der Waals surface area contributed by atoms with Gasteiger partial charge in [-0.2, -0.15) is 0 Å². The van der Waals surface area contributed by atoms with Crippen molar-refractivity contribution in [3.63, 3.8) is 0 Å². The van der Waals surface area contributed by atoms with Crippen LogP contribution in [0.25, 0.3) is 0 Å². The lowest BCUT2D eigenvalue weighted by atomic mass is 10.1. The van der Waals surface area contributed by atoms with Gasteiger partial charge in [0.15, 0.2) is 0 Å². The zero-order chi connectivity index (χ0) is 19.2. The second-order valence-electron chi connectivity index (χ2n) is 6.56. The summed E-state index contributed by atoms with van der Waals surface area (Å²) in [5.74, 6) is 0.551. The van der Waals surface area contributed by atoms with E-state index in [0.717, 1.165) is 30.3 Å². The maximum atomic E-state index is 12.4. The number of amides is 1. The Hall–Kier alpha value is -1.22. The zero-order valence-corrected chi connectivity index (χ0v) is 18.7. The highest BCUT2D eigenvalue weighted by Gasteiger charge is 2.44. The van der Waals surface area contributed by atoms with Crippen LogP contribution in [0, 0.1) is 0 Å². The Kier molecular flexibility index (Phi) is 9.14. The van der Waals surface area contributed by atoms with Crippen molar-refractivity contribution in [3.8, 4) is 0 Å². The Bertz CT molecular complexity index is 680. The normalized spacial score (nSPS) is 20.5. The van der Waals surface area contributed by atoms with Gasteiger partial charge in [-0.25, -0.2) is 4.79 Å². The number of nitrogens with one attached hydrogen (secondary N) is 1. The van der Waals surface area contributed by atoms with E-state index in [-0.39, 0.29) is 35.7 Å². The molecule has 1 N–H and O–H groups in total. The van der Waals surface area contributed by atoms with Crippen LogP contribution in [-0.2, 0) is 20.7 Å². The molecule has 0 saturated carbocycles. The van der Waals surface area contributed by atoms with E-state index in [4.69, 9.17) is 4.74 Å². The average molecular weight is 446 g/mol. The van der Waals surface area contributed by atoms with E-state index >= 15 is 0 Å². The van der Waals surface area contributed by atoms with Crippen molar-refractivity contribution in [1.82, 2.24) is 15.1 Å². The summed E-state index contributed by atoms with van der Waals surface area (Å²) in [5, 5.41) is 5.20. The summed E-state index contributed by atoms with van der Waals surface area (Å²) >= 11 is 3.34. The van der Waals surface area contributed by atoms with Crippen LogP contribution >= 0.6 is 35.5 Å². The number of halogens is 1. The zero-order valence-electron chi connectivity index (χ0n) is 16.3. The Labute approximate surface area is 181 Å². The van der Waals surface area contributed by atoms with E-state index < -0.39 is 0 Å². The summed E-state index contributed by atoms with van der Waals surface area (Å²) in [7, 11) is 0. The molecule has 2 atom stereocenters. The molecule has 28 heavy (non-hydrogen) atoms. The highest BCUT2D eigenvalue weighted by Crippen LogP contribution is 2.36. The Morgan fingerprint density at radius 3 is 2.82 bits per heavy atom. The Balaban J connectivity index is 0.00000280. The standard InChI is InChI=1S/C19H27N3O3S2.ClH/c1-3-21(4-2)8-9-25-19(24)16-7-11-27-18-15(13-22(16)18)20-17(23)12-14-6-5-10-26-14;/h5-7,10,15,18H,3-4,8-9,11-13H2,1-2H3,(H,20,23);1H. The van der Waals surface area contributed by atoms with Crippen LogP contribution in [0.5, 0.6) is 0 Å². The van der Waals surface area contributed by atoms with E-state index in [1.807, 2.05) is 28.5 Å². The smallest absolute Gasteiger partial charge is 0.354 e. The van der Waals surface area contributed by atoms with Crippen LogP contribution in [0.15, 0.2) is 29.3 Å². The lowest BCUT2D eigenvalue weighted by Gasteiger charge is -2.51. The molecule has 0 spiro atoms. The second-order valence-corrected chi connectivity index (χ2v) is 8.74. The fourth-order valence-electron chi connectivity index (χ4n) is 3.30. The molecule has 9 heteroatoms. The minimum Gasteiger partial charge on any atom is -0.460 e. The molecule has 2 aliphatic heterocycles. The molecule has 2 aliphatic rings. The van der Waals surface area contributed by atoms with Gasteiger partial charge >= 0.3 is 5.97 Å². The Morgan fingerprint density at radius 1 is 1.36 bits per heavy atom. The molecule has 6 nitrogen and oxygen atoms in total. The van der Waals surface area contributed by atoms with Crippen LogP contribution in [0.2, 0.25) is 0 Å². The van der Waals surface area contributed by atoms with Gasteiger partial charge < -0.3 is 19.9 Å². The minimum absolute atomic E-state index is 0. The van der Waals surface area contributed by atoms with Crippen LogP contribution in [0.1, 0.15) is 18.7 Å². The Morgan fingerprint density at radius 2 is 2.14 bits per heavy atom. The van der Waals surface area contributed by atoms with Gasteiger partial charge in [0.1, 0.15) is 12.3 Å². The van der Waals surface area contributed by atoms with Gasteiger partial charge in [-0.05, 0) is 30.6 Å². The molecular formula is C19H28ClN3O3S2. The first-order valence-corrected chi connectivity index (χ1v) is 11.3. The lowest BCUT2D eigenvalue weighted by Crippen LogP contribution is -2.66. The van der Waals surface area contributed by atoms with Gasteiger partial charge in [0.05, 0.1) is 17.8 Å². The number of nitrogens with zero attached hydrogens (tertiary/aromatic N) is 2. The molecule has 2 unspecified atom stereocenters. The predicted molar refractivity (Wildman–Crippen MR) is 117 cm³/mol. The number of fused-ring (bicyclic) bond motifs is 1. The molecule has 0 aromatic carbocycles. The van der Waals surface area contributed by atoms with Crippen LogP contribution in [0.3, 0.4) is 0 Å². The average Bonchev–Trinajstić information content (AvgIpc) is 3.16. The SMILES string of the molecule is CCN(CC)CCOC(=O)C1=CCSC2C(NC(=O)Cc3cccs3)CN12.Cl. The first kappa shape index (κ1) is 23.1. The molecule has 1 aromatic rings. The number of ether oxygens (including phenoxy) is 1. The molecule has 3 rings (SSSR count). The van der Waals surface area contributed by atoms with Gasteiger partial charge in [-0.3, -0.25) is 4.79 Å². The van der Waals surface area contributed by atoms with E-state index in [1.54, 1.807) is 23.1 Å². The van der Waals surface area contributed by atoms with Crippen molar-refractivity contribution in [2.45, 2.75) is 31.7 Å². The molecule has 0 radical (unpaired) electrons. The van der Waals surface area contributed by atoms with E-state index in [1.165, 1.54) is 0 Å². The topological polar surface area (TPSA) is 61.9 Å². The van der Waals surface area contributed by atoms with Crippen LogP contribution < -0.4 is 5.32 Å². The number of thioether (sulfide) groups is 1. The monoisotopic (exact) mass is 445 g/mol. The summed E-state index contributed by atoms with van der Waals surface area (Å²) in [5.41, 5.74) is 0.641. The molecular weight excluding hydrogens is 418 g/mol. The van der Waals surface area contributed by atoms with Crippen molar-refractivity contribution < 1.29 is 14.3 Å². The molecule has 1 aromatic heterocycles. The number of esters is 1. The highest BCUT2D eigenvalue weighted by atomic mass is 35.5. The van der Waals surface area contributed by atoms with Crippen LogP contribution in [0.4, 0.5) is 0 Å². The molecule has 156 valence electrons. The second kappa shape index (κ2) is 11.1. The van der Waals surface area contributed by atoms with Crippen molar-refractivity contribution >= 4 is 47.4 Å². The van der Waals surface area contributed by atoms with Gasteiger partial charge in [-0.1, -0.05) is 19.9 Å². The maximum Gasteiger partial charge on any atom is 0.354 e. The third kappa shape index (κ3) is 5.65. The van der Waals surface area contributed by atoms with Crippen molar-refractivity contribution in [2.24, 2.45) is 0 Å². The summed E-state index contributed by atoms with van der Waals surface area (Å²) in [6.45, 7) is 7.93. The van der Waals surface area contributed by atoms with Gasteiger partial charge in [0.25, 0.3) is 0 Å². The van der Waals surface area contributed by atoms with Crippen molar-refractivity contribution in [1.29, 1.82) is 0 Å². The van der Waals surface area contributed by atoms with Crippen LogP contribution in [-0.4, -0.2) is 71.6 Å². The number of hydrogen-bond acceptors (Lipinski definition) is 7. The molecule has 0 bridgehead atoms. The number of hydrogen-bond donors (Lipinski definition) is 1. The minimum atomic E-state index is -0.254. The fourth-order valence-corrected chi connectivity index (χ4v) is 5.22. The highest BCUT2D eigenvalue weighted by molar-refractivity contribution is 8.00. The fraction of sp³-hybridized carbons (Fsp3) is 0.579. The van der Waals surface area contributed by atoms with E-state index in [9.17, 15) is 9.59 Å². The number of rotatable bonds is 9. The largest absolute Gasteiger partial charge is 0.460 e. The third-order valence-corrected chi connectivity index (χ3v) is 7.06. The molecule has 1 amide bonds. The number of thiophene rings is 1. The molecule has 1 fully saturated rings. The van der Waals surface area contributed by atoms with Gasteiger partial charge in [0, 0.05) is 23.7 Å². The lowest BCUT2D eigenvalue weighted by molar-refractivity contribution is -0.142. The maximum absolute atomic E-state index is 12.4. The first-order chi connectivity index (χ1) is 13.1. The molecule has 0 aliphatic carbocycles. The van der Waals surface area contributed by atoms with Crippen molar-refractivity contribution in [2.75, 3.05) is 38.5 Å².